The molecule has 0 saturated carbocycles. The molecule has 8 rings (SSSR count). The van der Waals surface area contributed by atoms with Crippen LogP contribution in [0.2, 0.25) is 5.28 Å². The predicted octanol–water partition coefficient (Wildman–Crippen LogP) is 9.66. The molecule has 0 bridgehead atoms. The van der Waals surface area contributed by atoms with Crippen LogP contribution in [0.1, 0.15) is 11.1 Å². The smallest absolute Gasteiger partial charge is 0.307 e. The van der Waals surface area contributed by atoms with Crippen LogP contribution >= 0.6 is 11.6 Å². The SMILES string of the molecule is COc1cc(F)c([N+](=O)[O-])cc1N.COc1ccc2c(-c3nc(Cl)ncc3C)c[nH]c2c1.COc1ccc2c(-c3nc(Nc4cc([N+](=O)[O-])c(F)cc4OC)ncc3C)c[nH]c2c1. The Kier molecular flexibility index (Phi) is 13.4. The normalized spacial score (nSPS) is 10.6. The van der Waals surface area contributed by atoms with Crippen LogP contribution in [-0.2, 0) is 0 Å². The van der Waals surface area contributed by atoms with Crippen LogP contribution in [0.3, 0.4) is 0 Å². The molecule has 4 aromatic carbocycles. The van der Waals surface area contributed by atoms with Gasteiger partial charge in [0.05, 0.1) is 61.0 Å². The fraction of sp³-hybridized carbons (Fsp3) is 0.143. The first kappa shape index (κ1) is 44.4. The molecule has 5 N–H and O–H groups in total. The maximum Gasteiger partial charge on any atom is 0.307 e. The number of ether oxygens (including phenoxy) is 4. The first-order valence-corrected chi connectivity index (χ1v) is 18.7. The first-order chi connectivity index (χ1) is 30.1. The molecule has 0 saturated heterocycles. The Bertz CT molecular complexity index is 3000. The number of nitrogen functional groups attached to an aromatic ring is 1. The van der Waals surface area contributed by atoms with Crippen LogP contribution in [0, 0.1) is 45.7 Å². The van der Waals surface area contributed by atoms with E-state index < -0.39 is 32.9 Å². The number of halogens is 3. The van der Waals surface area contributed by atoms with E-state index in [0.29, 0.717) is 5.69 Å². The van der Waals surface area contributed by atoms with E-state index in [-0.39, 0.29) is 34.1 Å². The molecular weight excluding hydrogens is 846 g/mol. The summed E-state index contributed by atoms with van der Waals surface area (Å²) in [5.74, 6) is -0.0482. The third-order valence-corrected chi connectivity index (χ3v) is 9.59. The Morgan fingerprint density at radius 2 is 1.17 bits per heavy atom. The number of aryl methyl sites for hydroxylation is 2. The van der Waals surface area contributed by atoms with Crippen LogP contribution in [0.15, 0.2) is 85.5 Å². The van der Waals surface area contributed by atoms with Gasteiger partial charge in [0.15, 0.2) is 0 Å². The zero-order valence-corrected chi connectivity index (χ0v) is 35.0. The summed E-state index contributed by atoms with van der Waals surface area (Å²) in [6.45, 7) is 3.85. The van der Waals surface area contributed by atoms with Gasteiger partial charge in [0.25, 0.3) is 0 Å². The number of nitro groups is 2. The number of aromatic amines is 2. The summed E-state index contributed by atoms with van der Waals surface area (Å²) in [6, 6.07) is 15.4. The highest BCUT2D eigenvalue weighted by atomic mass is 35.5. The summed E-state index contributed by atoms with van der Waals surface area (Å²) in [7, 11) is 5.90. The molecule has 63 heavy (non-hydrogen) atoms. The van der Waals surface area contributed by atoms with Crippen LogP contribution in [0.25, 0.3) is 44.3 Å². The minimum Gasteiger partial charge on any atom is -0.497 e. The maximum absolute atomic E-state index is 13.9. The molecule has 21 heteroatoms. The number of hydrogen-bond acceptors (Lipinski definition) is 14. The highest BCUT2D eigenvalue weighted by Gasteiger charge is 2.21. The highest BCUT2D eigenvalue weighted by molar-refractivity contribution is 6.28. The van der Waals surface area contributed by atoms with Crippen molar-refractivity contribution in [1.82, 2.24) is 29.9 Å². The Hall–Kier alpha value is -8.13. The van der Waals surface area contributed by atoms with Gasteiger partial charge in [-0.25, -0.2) is 19.9 Å². The van der Waals surface area contributed by atoms with E-state index in [2.05, 4.69) is 40.0 Å². The zero-order valence-electron chi connectivity index (χ0n) is 34.2. The second kappa shape index (κ2) is 19.1. The van der Waals surface area contributed by atoms with Crippen molar-refractivity contribution < 1.29 is 37.6 Å². The fourth-order valence-corrected chi connectivity index (χ4v) is 6.40. The summed E-state index contributed by atoms with van der Waals surface area (Å²) < 4.78 is 47.1. The molecule has 0 atom stereocenters. The Balaban J connectivity index is 0.000000175. The number of aromatic nitrogens is 6. The number of nitrogens with two attached hydrogens (primary N) is 1. The summed E-state index contributed by atoms with van der Waals surface area (Å²) >= 11 is 5.88. The summed E-state index contributed by atoms with van der Waals surface area (Å²) in [6.07, 6.45) is 7.13. The average molecular weight is 883 g/mol. The molecule has 0 unspecified atom stereocenters. The summed E-state index contributed by atoms with van der Waals surface area (Å²) in [5, 5.41) is 26.5. The Labute approximate surface area is 361 Å². The lowest BCUT2D eigenvalue weighted by Gasteiger charge is -2.12. The predicted molar refractivity (Wildman–Crippen MR) is 233 cm³/mol. The van der Waals surface area contributed by atoms with E-state index in [1.54, 1.807) is 26.6 Å². The summed E-state index contributed by atoms with van der Waals surface area (Å²) in [4.78, 5) is 43.3. The fourth-order valence-electron chi connectivity index (χ4n) is 6.27. The number of methoxy groups -OCH3 is 4. The van der Waals surface area contributed by atoms with Gasteiger partial charge in [-0.05, 0) is 60.8 Å². The molecule has 0 amide bonds. The third kappa shape index (κ3) is 9.76. The van der Waals surface area contributed by atoms with Crippen molar-refractivity contribution in [2.24, 2.45) is 0 Å². The molecule has 0 aliphatic rings. The molecule has 4 heterocycles. The number of rotatable bonds is 10. The number of anilines is 3. The second-order valence-corrected chi connectivity index (χ2v) is 13.7. The van der Waals surface area contributed by atoms with E-state index in [1.165, 1.54) is 14.2 Å². The van der Waals surface area contributed by atoms with Gasteiger partial charge in [0, 0.05) is 94.1 Å². The van der Waals surface area contributed by atoms with Gasteiger partial charge in [0.1, 0.15) is 23.0 Å². The number of benzene rings is 4. The quantitative estimate of drug-likeness (QED) is 0.0432. The molecule has 8 aromatic rings. The van der Waals surface area contributed by atoms with Gasteiger partial charge in [-0.3, -0.25) is 20.2 Å². The molecule has 0 spiro atoms. The molecule has 0 aliphatic carbocycles. The second-order valence-electron chi connectivity index (χ2n) is 13.3. The summed E-state index contributed by atoms with van der Waals surface area (Å²) in [5.41, 5.74) is 11.3. The number of nitrogens with one attached hydrogen (secondary N) is 3. The maximum atomic E-state index is 13.9. The van der Waals surface area contributed by atoms with Gasteiger partial charge in [-0.2, -0.15) is 8.78 Å². The lowest BCUT2D eigenvalue weighted by Crippen LogP contribution is -2.03. The van der Waals surface area contributed by atoms with Crippen molar-refractivity contribution in [3.8, 4) is 45.5 Å². The Morgan fingerprint density at radius 3 is 1.68 bits per heavy atom. The van der Waals surface area contributed by atoms with Crippen molar-refractivity contribution >= 4 is 62.1 Å². The van der Waals surface area contributed by atoms with Gasteiger partial charge in [0.2, 0.25) is 22.9 Å². The molecule has 4 aromatic heterocycles. The lowest BCUT2D eigenvalue weighted by atomic mass is 10.1. The largest absolute Gasteiger partial charge is 0.497 e. The minimum atomic E-state index is -0.993. The monoisotopic (exact) mass is 882 g/mol. The lowest BCUT2D eigenvalue weighted by molar-refractivity contribution is -0.387. The molecule has 0 fully saturated rings. The molecule has 0 radical (unpaired) electrons. The van der Waals surface area contributed by atoms with Gasteiger partial charge in [-0.15, -0.1) is 0 Å². The first-order valence-electron chi connectivity index (χ1n) is 18.4. The van der Waals surface area contributed by atoms with Crippen LogP contribution in [-0.4, -0.2) is 68.2 Å². The van der Waals surface area contributed by atoms with Crippen molar-refractivity contribution in [1.29, 1.82) is 0 Å². The number of nitro benzene ring substituents is 2. The van der Waals surface area contributed by atoms with E-state index in [4.69, 9.17) is 31.5 Å². The molecule has 0 aliphatic heterocycles. The van der Waals surface area contributed by atoms with E-state index >= 15 is 0 Å². The van der Waals surface area contributed by atoms with E-state index in [0.717, 1.165) is 85.5 Å². The van der Waals surface area contributed by atoms with Crippen LogP contribution in [0.5, 0.6) is 23.0 Å². The number of hydrogen-bond donors (Lipinski definition) is 4. The van der Waals surface area contributed by atoms with Crippen molar-refractivity contribution in [3.05, 3.63) is 134 Å². The third-order valence-electron chi connectivity index (χ3n) is 9.41. The minimum absolute atomic E-state index is 0.0376. The topological polar surface area (TPSA) is 244 Å². The van der Waals surface area contributed by atoms with Gasteiger partial charge < -0.3 is 40.0 Å². The molecule has 18 nitrogen and oxygen atoms in total. The van der Waals surface area contributed by atoms with Gasteiger partial charge >= 0.3 is 11.4 Å². The van der Waals surface area contributed by atoms with Crippen LogP contribution < -0.4 is 30.0 Å². The molecule has 324 valence electrons. The standard InChI is InChI=1S/C21H18FN5O4.C14H12ClN3O.C7H7FN2O3/c1-11-9-24-21(25-17-8-18(27(28)29)15(22)7-19(17)31-3)26-20(11)14-10-23-16-6-12(30-2)4-5-13(14)16;1-8-6-17-14(15)18-13(8)11-7-16-12-5-9(19-2)3-4-10(11)12;1-13-7-2-4(8)6(10(11)12)3-5(7)9/h4-10,23H,1-3H3,(H,24,25,26);3-7,16H,1-2H3;2-3H,9H2,1H3. The van der Waals surface area contributed by atoms with Crippen LogP contribution in [0.4, 0.5) is 37.5 Å². The Morgan fingerprint density at radius 1 is 0.683 bits per heavy atom. The van der Waals surface area contributed by atoms with Crippen molar-refractivity contribution in [2.75, 3.05) is 39.5 Å². The van der Waals surface area contributed by atoms with E-state index in [1.807, 2.05) is 62.6 Å². The van der Waals surface area contributed by atoms with E-state index in [9.17, 15) is 29.0 Å². The van der Waals surface area contributed by atoms with Crippen molar-refractivity contribution in [2.45, 2.75) is 13.8 Å². The number of fused-ring (bicyclic) bond motifs is 2. The zero-order chi connectivity index (χ0) is 45.5. The van der Waals surface area contributed by atoms with Gasteiger partial charge in [-0.1, -0.05) is 0 Å². The highest BCUT2D eigenvalue weighted by Crippen LogP contribution is 2.36. The molecular formula is C42H37ClF2N10O8. The number of H-pyrrole nitrogens is 2. The van der Waals surface area contributed by atoms with Crippen molar-refractivity contribution in [3.63, 3.8) is 0 Å². The average Bonchev–Trinajstić information content (AvgIpc) is 3.90. The number of nitrogens with zero attached hydrogens (tertiary/aromatic N) is 6.